The van der Waals surface area contributed by atoms with Crippen molar-refractivity contribution < 1.29 is 0 Å². The van der Waals surface area contributed by atoms with Crippen LogP contribution in [0.1, 0.15) is 5.69 Å². The number of nitrogen functional groups attached to an aromatic ring is 1. The van der Waals surface area contributed by atoms with Crippen molar-refractivity contribution in [2.24, 2.45) is 5.84 Å². The number of aromatic nitrogens is 3. The second-order valence-electron chi connectivity index (χ2n) is 4.27. The van der Waals surface area contributed by atoms with Crippen molar-refractivity contribution in [1.82, 2.24) is 15.0 Å². The number of anilines is 1. The summed E-state index contributed by atoms with van der Waals surface area (Å²) in [5.41, 5.74) is 5.32. The number of benzene rings is 1. The number of hydrogen-bond acceptors (Lipinski definition) is 5. The highest BCUT2D eigenvalue weighted by atomic mass is 15.3. The smallest absolute Gasteiger partial charge is 0.161 e. The molecule has 3 aromatic rings. The number of rotatable bonds is 2. The number of nitrogens with two attached hydrogens (primary N) is 1. The minimum atomic E-state index is 0.605. The third-order valence-corrected chi connectivity index (χ3v) is 2.86. The molecule has 0 saturated heterocycles. The molecule has 94 valence electrons. The molecule has 3 rings (SSSR count). The minimum absolute atomic E-state index is 0.605. The number of nitrogens with zero attached hydrogens (tertiary/aromatic N) is 3. The molecular formula is C14H13N5. The molecule has 0 aliphatic heterocycles. The fourth-order valence-electron chi connectivity index (χ4n) is 1.99. The van der Waals surface area contributed by atoms with Gasteiger partial charge in [-0.3, -0.25) is 4.98 Å². The van der Waals surface area contributed by atoms with Gasteiger partial charge < -0.3 is 5.43 Å². The first kappa shape index (κ1) is 11.6. The van der Waals surface area contributed by atoms with Crippen molar-refractivity contribution in [3.05, 3.63) is 48.3 Å². The molecule has 0 aliphatic carbocycles. The predicted octanol–water partition coefficient (Wildman–Crippen LogP) is 2.29. The number of pyridine rings is 1. The zero-order chi connectivity index (χ0) is 13.2. The van der Waals surface area contributed by atoms with Gasteiger partial charge in [0, 0.05) is 28.9 Å². The van der Waals surface area contributed by atoms with Gasteiger partial charge in [0.1, 0.15) is 5.82 Å². The summed E-state index contributed by atoms with van der Waals surface area (Å²) in [4.78, 5) is 13.1. The molecule has 5 nitrogen and oxygen atoms in total. The van der Waals surface area contributed by atoms with E-state index in [9.17, 15) is 0 Å². The predicted molar refractivity (Wildman–Crippen MR) is 75.3 cm³/mol. The molecule has 3 N–H and O–H groups in total. The van der Waals surface area contributed by atoms with Gasteiger partial charge in [-0.15, -0.1) is 0 Å². The first-order valence-electron chi connectivity index (χ1n) is 5.94. The van der Waals surface area contributed by atoms with E-state index in [4.69, 9.17) is 5.84 Å². The minimum Gasteiger partial charge on any atom is -0.308 e. The van der Waals surface area contributed by atoms with E-state index < -0.39 is 0 Å². The van der Waals surface area contributed by atoms with Crippen LogP contribution in [-0.2, 0) is 0 Å². The van der Waals surface area contributed by atoms with Gasteiger partial charge in [-0.1, -0.05) is 6.07 Å². The van der Waals surface area contributed by atoms with Crippen LogP contribution in [0.15, 0.2) is 42.6 Å². The van der Waals surface area contributed by atoms with Gasteiger partial charge in [0.15, 0.2) is 5.82 Å². The summed E-state index contributed by atoms with van der Waals surface area (Å²) < 4.78 is 0. The maximum absolute atomic E-state index is 5.41. The Kier molecular flexibility index (Phi) is 2.81. The maximum Gasteiger partial charge on any atom is 0.161 e. The number of fused-ring (bicyclic) bond motifs is 1. The van der Waals surface area contributed by atoms with Crippen molar-refractivity contribution in [3.8, 4) is 11.4 Å². The van der Waals surface area contributed by atoms with Gasteiger partial charge in [0.2, 0.25) is 0 Å². The van der Waals surface area contributed by atoms with Gasteiger partial charge >= 0.3 is 0 Å². The average molecular weight is 251 g/mol. The molecule has 5 heteroatoms. The van der Waals surface area contributed by atoms with Gasteiger partial charge in [-0.05, 0) is 31.2 Å². The molecule has 0 aliphatic rings. The van der Waals surface area contributed by atoms with E-state index in [-0.39, 0.29) is 0 Å². The van der Waals surface area contributed by atoms with Crippen LogP contribution in [0, 0.1) is 6.92 Å². The largest absolute Gasteiger partial charge is 0.308 e. The fourth-order valence-corrected chi connectivity index (χ4v) is 1.99. The lowest BCUT2D eigenvalue weighted by atomic mass is 10.1. The van der Waals surface area contributed by atoms with Crippen LogP contribution in [0.5, 0.6) is 0 Å². The lowest BCUT2D eigenvalue weighted by molar-refractivity contribution is 1.10. The van der Waals surface area contributed by atoms with E-state index >= 15 is 0 Å². The highest BCUT2D eigenvalue weighted by Crippen LogP contribution is 2.21. The molecule has 1 aromatic carbocycles. The maximum atomic E-state index is 5.41. The molecule has 2 aromatic heterocycles. The Morgan fingerprint density at radius 1 is 1.11 bits per heavy atom. The molecule has 0 fully saturated rings. The molecule has 0 unspecified atom stereocenters. The standard InChI is InChI=1S/C14H13N5/c1-9-7-13(19-15)18-14(17-9)11-4-5-12-10(8-11)3-2-6-16-12/h2-8H,15H2,1H3,(H,17,18,19). The monoisotopic (exact) mass is 251 g/mol. The lowest BCUT2D eigenvalue weighted by Gasteiger charge is -2.06. The first-order valence-corrected chi connectivity index (χ1v) is 5.94. The van der Waals surface area contributed by atoms with Gasteiger partial charge in [0.05, 0.1) is 5.52 Å². The van der Waals surface area contributed by atoms with Gasteiger partial charge in [-0.2, -0.15) is 0 Å². The van der Waals surface area contributed by atoms with E-state index in [0.717, 1.165) is 22.2 Å². The molecule has 0 spiro atoms. The second kappa shape index (κ2) is 4.62. The Hall–Kier alpha value is -2.53. The third-order valence-electron chi connectivity index (χ3n) is 2.86. The highest BCUT2D eigenvalue weighted by molar-refractivity contribution is 5.83. The second-order valence-corrected chi connectivity index (χ2v) is 4.27. The average Bonchev–Trinajstić information content (AvgIpc) is 2.46. The Morgan fingerprint density at radius 2 is 2.00 bits per heavy atom. The molecule has 19 heavy (non-hydrogen) atoms. The number of nitrogens with one attached hydrogen (secondary N) is 1. The molecule has 0 bridgehead atoms. The topological polar surface area (TPSA) is 76.7 Å². The molecule has 0 saturated carbocycles. The fraction of sp³-hybridized carbons (Fsp3) is 0.0714. The van der Waals surface area contributed by atoms with Crippen molar-refractivity contribution in [3.63, 3.8) is 0 Å². The summed E-state index contributed by atoms with van der Waals surface area (Å²) in [5, 5.41) is 1.06. The molecule has 2 heterocycles. The Bertz CT molecular complexity index is 739. The zero-order valence-corrected chi connectivity index (χ0v) is 10.5. The van der Waals surface area contributed by atoms with Crippen LogP contribution in [-0.4, -0.2) is 15.0 Å². The van der Waals surface area contributed by atoms with Crippen LogP contribution in [0.2, 0.25) is 0 Å². The van der Waals surface area contributed by atoms with E-state index in [0.29, 0.717) is 11.6 Å². The normalized spacial score (nSPS) is 10.6. The van der Waals surface area contributed by atoms with Crippen molar-refractivity contribution in [2.45, 2.75) is 6.92 Å². The van der Waals surface area contributed by atoms with Gasteiger partial charge in [-0.25, -0.2) is 15.8 Å². The van der Waals surface area contributed by atoms with E-state index in [1.807, 2.05) is 37.3 Å². The highest BCUT2D eigenvalue weighted by Gasteiger charge is 2.05. The van der Waals surface area contributed by atoms with Crippen molar-refractivity contribution in [1.29, 1.82) is 0 Å². The molecule has 0 amide bonds. The Labute approximate surface area is 110 Å². The summed E-state index contributed by atoms with van der Waals surface area (Å²) in [6, 6.07) is 11.7. The lowest BCUT2D eigenvalue weighted by Crippen LogP contribution is -2.09. The van der Waals surface area contributed by atoms with Gasteiger partial charge in [0.25, 0.3) is 0 Å². The molecule has 0 radical (unpaired) electrons. The number of hydrazine groups is 1. The molecular weight excluding hydrogens is 238 g/mol. The van der Waals surface area contributed by atoms with E-state index in [2.05, 4.69) is 20.4 Å². The number of hydrogen-bond donors (Lipinski definition) is 2. The van der Waals surface area contributed by atoms with E-state index in [1.54, 1.807) is 12.3 Å². The zero-order valence-electron chi connectivity index (χ0n) is 10.5. The van der Waals surface area contributed by atoms with Crippen LogP contribution in [0.3, 0.4) is 0 Å². The number of aryl methyl sites for hydroxylation is 1. The summed E-state index contributed by atoms with van der Waals surface area (Å²) >= 11 is 0. The first-order chi connectivity index (χ1) is 9.26. The summed E-state index contributed by atoms with van der Waals surface area (Å²) in [5.74, 6) is 6.66. The Balaban J connectivity index is 2.15. The van der Waals surface area contributed by atoms with E-state index in [1.165, 1.54) is 0 Å². The summed E-state index contributed by atoms with van der Waals surface area (Å²) in [7, 11) is 0. The quantitative estimate of drug-likeness (QED) is 0.539. The van der Waals surface area contributed by atoms with Crippen LogP contribution >= 0.6 is 0 Å². The Morgan fingerprint density at radius 3 is 2.84 bits per heavy atom. The van der Waals surface area contributed by atoms with Crippen LogP contribution in [0.25, 0.3) is 22.3 Å². The summed E-state index contributed by atoms with van der Waals surface area (Å²) in [6.07, 6.45) is 1.78. The third kappa shape index (κ3) is 2.23. The molecule has 0 atom stereocenters. The van der Waals surface area contributed by atoms with Crippen LogP contribution < -0.4 is 11.3 Å². The van der Waals surface area contributed by atoms with Crippen molar-refractivity contribution in [2.75, 3.05) is 5.43 Å². The van der Waals surface area contributed by atoms with Crippen molar-refractivity contribution >= 4 is 16.7 Å². The SMILES string of the molecule is Cc1cc(NN)nc(-c2ccc3ncccc3c2)n1. The summed E-state index contributed by atoms with van der Waals surface area (Å²) in [6.45, 7) is 1.91. The van der Waals surface area contributed by atoms with Crippen LogP contribution in [0.4, 0.5) is 5.82 Å².